The summed E-state index contributed by atoms with van der Waals surface area (Å²) < 4.78 is 0. The van der Waals surface area contributed by atoms with Crippen LogP contribution in [0.25, 0.3) is 0 Å². The van der Waals surface area contributed by atoms with E-state index in [0.29, 0.717) is 0 Å². The molecule has 0 spiro atoms. The fourth-order valence-corrected chi connectivity index (χ4v) is 2.81. The van der Waals surface area contributed by atoms with E-state index in [1.165, 1.54) is 22.3 Å². The molecule has 20 heavy (non-hydrogen) atoms. The zero-order chi connectivity index (χ0) is 14.5. The molecule has 0 heterocycles. The summed E-state index contributed by atoms with van der Waals surface area (Å²) in [6.07, 6.45) is 0.955. The van der Waals surface area contributed by atoms with E-state index in [9.17, 15) is 0 Å². The van der Waals surface area contributed by atoms with E-state index in [0.717, 1.165) is 18.0 Å². The summed E-state index contributed by atoms with van der Waals surface area (Å²) in [4.78, 5) is 0. The van der Waals surface area contributed by atoms with Crippen molar-refractivity contribution >= 4 is 11.6 Å². The zero-order valence-electron chi connectivity index (χ0n) is 12.4. The number of halogens is 1. The highest BCUT2D eigenvalue weighted by Gasteiger charge is 2.15. The van der Waals surface area contributed by atoms with Gasteiger partial charge < -0.3 is 5.32 Å². The van der Waals surface area contributed by atoms with Gasteiger partial charge in [-0.2, -0.15) is 0 Å². The van der Waals surface area contributed by atoms with Gasteiger partial charge >= 0.3 is 0 Å². The topological polar surface area (TPSA) is 12.0 Å². The summed E-state index contributed by atoms with van der Waals surface area (Å²) in [5.74, 6) is 0. The van der Waals surface area contributed by atoms with Gasteiger partial charge in [0.05, 0.1) is 0 Å². The molecule has 0 fully saturated rings. The lowest BCUT2D eigenvalue weighted by atomic mass is 9.95. The molecule has 1 unspecified atom stereocenters. The highest BCUT2D eigenvalue weighted by molar-refractivity contribution is 6.31. The van der Waals surface area contributed by atoms with Crippen molar-refractivity contribution in [1.29, 1.82) is 0 Å². The van der Waals surface area contributed by atoms with Crippen LogP contribution < -0.4 is 5.32 Å². The first-order chi connectivity index (χ1) is 9.61. The van der Waals surface area contributed by atoms with Crippen LogP contribution >= 0.6 is 11.6 Å². The van der Waals surface area contributed by atoms with Gasteiger partial charge in [-0.1, -0.05) is 54.9 Å². The number of likely N-dealkylation sites (N-methyl/N-ethyl adjacent to an activating group) is 1. The summed E-state index contributed by atoms with van der Waals surface area (Å²) in [5, 5.41) is 4.41. The number of rotatable bonds is 5. The first kappa shape index (κ1) is 15.1. The second-order valence-electron chi connectivity index (χ2n) is 5.26. The van der Waals surface area contributed by atoms with Crippen molar-refractivity contribution in [3.8, 4) is 0 Å². The van der Waals surface area contributed by atoms with Crippen molar-refractivity contribution in [2.24, 2.45) is 0 Å². The summed E-state index contributed by atoms with van der Waals surface area (Å²) in [5.41, 5.74) is 5.06. The van der Waals surface area contributed by atoms with E-state index in [1.54, 1.807) is 0 Å². The van der Waals surface area contributed by atoms with E-state index < -0.39 is 0 Å². The van der Waals surface area contributed by atoms with Crippen LogP contribution in [0.5, 0.6) is 0 Å². The predicted octanol–water partition coefficient (Wildman–Crippen LogP) is 4.85. The largest absolute Gasteiger partial charge is 0.310 e. The Morgan fingerprint density at radius 2 is 1.70 bits per heavy atom. The molecule has 0 radical (unpaired) electrons. The molecule has 1 N–H and O–H groups in total. The van der Waals surface area contributed by atoms with Gasteiger partial charge in [0, 0.05) is 11.1 Å². The number of nitrogens with one attached hydrogen (secondary N) is 1. The van der Waals surface area contributed by atoms with E-state index in [1.807, 2.05) is 0 Å². The molecule has 2 heteroatoms. The molecule has 0 aliphatic carbocycles. The highest BCUT2D eigenvalue weighted by atomic mass is 35.5. The Kier molecular flexibility index (Phi) is 5.22. The molecule has 1 atom stereocenters. The molecule has 0 saturated carbocycles. The predicted molar refractivity (Wildman–Crippen MR) is 87.5 cm³/mol. The number of hydrogen-bond donors (Lipinski definition) is 1. The number of aryl methyl sites for hydroxylation is 2. The molecule has 0 bridgehead atoms. The summed E-state index contributed by atoms with van der Waals surface area (Å²) in [6, 6.07) is 15.1. The maximum absolute atomic E-state index is 6.46. The van der Waals surface area contributed by atoms with Gasteiger partial charge in [-0.3, -0.25) is 0 Å². The number of hydrogen-bond acceptors (Lipinski definition) is 1. The van der Waals surface area contributed by atoms with Crippen LogP contribution in [0.2, 0.25) is 5.02 Å². The van der Waals surface area contributed by atoms with Gasteiger partial charge in [-0.05, 0) is 55.1 Å². The fraction of sp³-hybridized carbons (Fsp3) is 0.333. The van der Waals surface area contributed by atoms with E-state index >= 15 is 0 Å². The SMILES string of the molecule is CCNC(Cc1ccccc1)c1cc(C)c(C)cc1Cl. The molecule has 106 valence electrons. The normalized spacial score (nSPS) is 12.4. The Morgan fingerprint density at radius 1 is 1.05 bits per heavy atom. The van der Waals surface area contributed by atoms with Crippen molar-refractivity contribution in [2.45, 2.75) is 33.2 Å². The average molecular weight is 288 g/mol. The Hall–Kier alpha value is -1.31. The summed E-state index contributed by atoms with van der Waals surface area (Å²) >= 11 is 6.46. The van der Waals surface area contributed by atoms with Crippen LogP contribution in [0.15, 0.2) is 42.5 Å². The van der Waals surface area contributed by atoms with Gasteiger partial charge in [0.15, 0.2) is 0 Å². The molecule has 0 aliphatic heterocycles. The minimum Gasteiger partial charge on any atom is -0.310 e. The minimum absolute atomic E-state index is 0.259. The van der Waals surface area contributed by atoms with E-state index in [-0.39, 0.29) is 6.04 Å². The lowest BCUT2D eigenvalue weighted by Crippen LogP contribution is -2.23. The van der Waals surface area contributed by atoms with Crippen molar-refractivity contribution in [3.05, 3.63) is 69.7 Å². The Balaban J connectivity index is 2.31. The standard InChI is InChI=1S/C18H22ClN/c1-4-20-18(12-15-8-6-5-7-9-15)16-10-13(2)14(3)11-17(16)19/h5-11,18,20H,4,12H2,1-3H3. The molecule has 2 rings (SSSR count). The third-order valence-electron chi connectivity index (χ3n) is 3.72. The minimum atomic E-state index is 0.259. The lowest BCUT2D eigenvalue weighted by molar-refractivity contribution is 0.549. The van der Waals surface area contributed by atoms with Crippen LogP contribution in [-0.4, -0.2) is 6.54 Å². The summed E-state index contributed by atoms with van der Waals surface area (Å²) in [6.45, 7) is 7.30. The van der Waals surface area contributed by atoms with Crippen LogP contribution in [0, 0.1) is 13.8 Å². The van der Waals surface area contributed by atoms with Gasteiger partial charge in [0.2, 0.25) is 0 Å². The van der Waals surface area contributed by atoms with Gasteiger partial charge in [0.1, 0.15) is 0 Å². The first-order valence-electron chi connectivity index (χ1n) is 7.15. The smallest absolute Gasteiger partial charge is 0.0456 e. The quantitative estimate of drug-likeness (QED) is 0.829. The zero-order valence-corrected chi connectivity index (χ0v) is 13.2. The fourth-order valence-electron chi connectivity index (χ4n) is 2.46. The van der Waals surface area contributed by atoms with Crippen LogP contribution in [0.4, 0.5) is 0 Å². The molecule has 2 aromatic rings. The molecule has 1 nitrogen and oxygen atoms in total. The Bertz CT molecular complexity index is 563. The molecule has 0 aromatic heterocycles. The van der Waals surface area contributed by atoms with E-state index in [4.69, 9.17) is 11.6 Å². The monoisotopic (exact) mass is 287 g/mol. The maximum atomic E-state index is 6.46. The third kappa shape index (κ3) is 3.62. The lowest BCUT2D eigenvalue weighted by Gasteiger charge is -2.21. The first-order valence-corrected chi connectivity index (χ1v) is 7.53. The van der Waals surface area contributed by atoms with Crippen molar-refractivity contribution in [3.63, 3.8) is 0 Å². The van der Waals surface area contributed by atoms with Crippen molar-refractivity contribution in [1.82, 2.24) is 5.32 Å². The van der Waals surface area contributed by atoms with Gasteiger partial charge in [-0.25, -0.2) is 0 Å². The molecular formula is C18H22ClN. The molecule has 2 aromatic carbocycles. The molecular weight excluding hydrogens is 266 g/mol. The Morgan fingerprint density at radius 3 is 2.35 bits per heavy atom. The van der Waals surface area contributed by atoms with Crippen LogP contribution in [0.1, 0.15) is 35.2 Å². The average Bonchev–Trinajstić information content (AvgIpc) is 2.44. The second-order valence-corrected chi connectivity index (χ2v) is 5.67. The maximum Gasteiger partial charge on any atom is 0.0456 e. The number of benzene rings is 2. The van der Waals surface area contributed by atoms with Crippen molar-refractivity contribution < 1.29 is 0 Å². The molecule has 0 amide bonds. The van der Waals surface area contributed by atoms with Crippen LogP contribution in [-0.2, 0) is 6.42 Å². The van der Waals surface area contributed by atoms with Crippen molar-refractivity contribution in [2.75, 3.05) is 6.54 Å². The Labute approximate surface area is 127 Å². The van der Waals surface area contributed by atoms with Crippen LogP contribution in [0.3, 0.4) is 0 Å². The van der Waals surface area contributed by atoms with E-state index in [2.05, 4.69) is 68.6 Å². The third-order valence-corrected chi connectivity index (χ3v) is 4.05. The molecule has 0 aliphatic rings. The second kappa shape index (κ2) is 6.92. The molecule has 0 saturated heterocycles. The van der Waals surface area contributed by atoms with Gasteiger partial charge in [-0.15, -0.1) is 0 Å². The summed E-state index contributed by atoms with van der Waals surface area (Å²) in [7, 11) is 0. The van der Waals surface area contributed by atoms with Gasteiger partial charge in [0.25, 0.3) is 0 Å². The highest BCUT2D eigenvalue weighted by Crippen LogP contribution is 2.28.